The Kier molecular flexibility index (Phi) is 3.89. The van der Waals surface area contributed by atoms with Crippen LogP contribution >= 0.6 is 0 Å². The second-order valence-corrected chi connectivity index (χ2v) is 5.81. The summed E-state index contributed by atoms with van der Waals surface area (Å²) in [4.78, 5) is 23.4. The molecule has 4 rings (SSSR count). The van der Waals surface area contributed by atoms with Gasteiger partial charge in [-0.1, -0.05) is 6.07 Å². The lowest BCUT2D eigenvalue weighted by atomic mass is 10.1. The predicted molar refractivity (Wildman–Crippen MR) is 96.3 cm³/mol. The Morgan fingerprint density at radius 2 is 2.04 bits per heavy atom. The molecule has 0 aliphatic carbocycles. The molecule has 7 nitrogen and oxygen atoms in total. The summed E-state index contributed by atoms with van der Waals surface area (Å²) in [7, 11) is 0. The normalized spacial score (nSPS) is 12.7. The molecule has 0 saturated carbocycles. The highest BCUT2D eigenvalue weighted by Crippen LogP contribution is 2.38. The first-order chi connectivity index (χ1) is 12.6. The van der Waals surface area contributed by atoms with Gasteiger partial charge in [-0.3, -0.25) is 9.78 Å². The zero-order valence-corrected chi connectivity index (χ0v) is 14.0. The van der Waals surface area contributed by atoms with E-state index in [-0.39, 0.29) is 6.79 Å². The van der Waals surface area contributed by atoms with Gasteiger partial charge >= 0.3 is 0 Å². The number of imidazole rings is 1. The minimum absolute atomic E-state index is 0.207. The van der Waals surface area contributed by atoms with Crippen molar-refractivity contribution in [1.82, 2.24) is 15.0 Å². The number of aromatic amines is 1. The van der Waals surface area contributed by atoms with Gasteiger partial charge in [-0.2, -0.15) is 0 Å². The molecule has 3 heterocycles. The van der Waals surface area contributed by atoms with Gasteiger partial charge in [0.15, 0.2) is 11.5 Å². The van der Waals surface area contributed by atoms with Crippen molar-refractivity contribution in [2.24, 2.45) is 5.73 Å². The van der Waals surface area contributed by atoms with Gasteiger partial charge in [-0.05, 0) is 43.3 Å². The molecule has 1 aliphatic rings. The smallest absolute Gasteiger partial charge is 0.241 e. The molecule has 0 fully saturated rings. The topological polar surface area (TPSA) is 103 Å². The number of hydrogen-bond acceptors (Lipinski definition) is 5. The lowest BCUT2D eigenvalue weighted by Gasteiger charge is -2.04. The highest BCUT2D eigenvalue weighted by Gasteiger charge is 2.19. The van der Waals surface area contributed by atoms with Crippen LogP contribution in [0.4, 0.5) is 0 Å². The van der Waals surface area contributed by atoms with Crippen molar-refractivity contribution in [2.75, 3.05) is 6.79 Å². The summed E-state index contributed by atoms with van der Waals surface area (Å²) >= 11 is 0. The molecular formula is C19H16N4O3. The van der Waals surface area contributed by atoms with Crippen molar-refractivity contribution < 1.29 is 14.3 Å². The first-order valence-corrected chi connectivity index (χ1v) is 8.02. The summed E-state index contributed by atoms with van der Waals surface area (Å²) in [6.45, 7) is 2.13. The maximum absolute atomic E-state index is 11.0. The molecule has 2 aromatic heterocycles. The lowest BCUT2D eigenvalue weighted by Crippen LogP contribution is -2.05. The number of aryl methyl sites for hydroxylation is 1. The summed E-state index contributed by atoms with van der Waals surface area (Å²) < 4.78 is 10.8. The average Bonchev–Trinajstić information content (AvgIpc) is 3.26. The summed E-state index contributed by atoms with van der Waals surface area (Å²) in [6, 6.07) is 11.4. The molecule has 3 N–H and O–H groups in total. The van der Waals surface area contributed by atoms with Gasteiger partial charge < -0.3 is 20.2 Å². The van der Waals surface area contributed by atoms with Crippen LogP contribution in [0.1, 0.15) is 11.5 Å². The first-order valence-electron chi connectivity index (χ1n) is 8.02. The molecule has 1 aromatic carbocycles. The van der Waals surface area contributed by atoms with Crippen molar-refractivity contribution in [3.8, 4) is 34.1 Å². The Balaban J connectivity index is 1.85. The van der Waals surface area contributed by atoms with E-state index in [2.05, 4.69) is 15.0 Å². The molecule has 1 aliphatic heterocycles. The average molecular weight is 348 g/mol. The van der Waals surface area contributed by atoms with Crippen molar-refractivity contribution in [2.45, 2.75) is 6.92 Å². The van der Waals surface area contributed by atoms with E-state index in [0.717, 1.165) is 22.6 Å². The van der Waals surface area contributed by atoms with Gasteiger partial charge in [0.25, 0.3) is 0 Å². The largest absolute Gasteiger partial charge is 0.454 e. The van der Waals surface area contributed by atoms with Crippen LogP contribution < -0.4 is 15.2 Å². The van der Waals surface area contributed by atoms with Crippen LogP contribution in [-0.4, -0.2) is 27.7 Å². The number of nitrogens with one attached hydrogen (secondary N) is 1. The van der Waals surface area contributed by atoms with E-state index in [0.29, 0.717) is 23.0 Å². The number of H-pyrrole nitrogens is 1. The van der Waals surface area contributed by atoms with Gasteiger partial charge in [0, 0.05) is 17.3 Å². The third-order valence-electron chi connectivity index (χ3n) is 3.92. The number of carbonyl (C=O) groups excluding carboxylic acids is 1. The van der Waals surface area contributed by atoms with Gasteiger partial charge in [0.05, 0.1) is 17.1 Å². The Hall–Kier alpha value is -3.61. The van der Waals surface area contributed by atoms with Crippen LogP contribution in [-0.2, 0) is 4.79 Å². The molecule has 0 spiro atoms. The number of nitrogens with two attached hydrogens (primary N) is 1. The van der Waals surface area contributed by atoms with Crippen molar-refractivity contribution in [3.63, 3.8) is 0 Å². The number of amides is 1. The lowest BCUT2D eigenvalue weighted by molar-refractivity contribution is -0.113. The van der Waals surface area contributed by atoms with E-state index < -0.39 is 5.91 Å². The van der Waals surface area contributed by atoms with E-state index in [1.807, 2.05) is 43.3 Å². The standard InChI is InChI=1S/C19H16N4O3/c1-11-3-2-4-13(21-11)19-18(22-17(23-19)8-7-16(20)24)12-5-6-14-15(9-12)26-10-25-14/h2-9H,10H2,1H3,(H2,20,24)(H,22,23). The van der Waals surface area contributed by atoms with Crippen molar-refractivity contribution in [3.05, 3.63) is 54.0 Å². The molecule has 0 bridgehead atoms. The highest BCUT2D eigenvalue weighted by molar-refractivity contribution is 5.90. The number of benzene rings is 1. The predicted octanol–water partition coefficient (Wildman–Crippen LogP) is 2.67. The second kappa shape index (κ2) is 6.36. The van der Waals surface area contributed by atoms with Gasteiger partial charge in [0.2, 0.25) is 12.7 Å². The Morgan fingerprint density at radius 1 is 1.19 bits per heavy atom. The number of aromatic nitrogens is 3. The zero-order valence-electron chi connectivity index (χ0n) is 14.0. The molecule has 1 amide bonds. The second-order valence-electron chi connectivity index (χ2n) is 5.81. The monoisotopic (exact) mass is 348 g/mol. The van der Waals surface area contributed by atoms with Crippen LogP contribution in [0.5, 0.6) is 11.5 Å². The molecule has 0 radical (unpaired) electrons. The summed E-state index contributed by atoms with van der Waals surface area (Å²) in [5.74, 6) is 1.34. The van der Waals surface area contributed by atoms with Crippen LogP contribution in [0.15, 0.2) is 42.5 Å². The molecule has 0 atom stereocenters. The highest BCUT2D eigenvalue weighted by atomic mass is 16.7. The number of ether oxygens (including phenoxy) is 2. The molecule has 7 heteroatoms. The molecule has 26 heavy (non-hydrogen) atoms. The Morgan fingerprint density at radius 3 is 2.85 bits per heavy atom. The number of primary amides is 1. The van der Waals surface area contributed by atoms with Crippen molar-refractivity contribution in [1.29, 1.82) is 0 Å². The molecular weight excluding hydrogens is 332 g/mol. The number of nitrogens with zero attached hydrogens (tertiary/aromatic N) is 2. The Bertz CT molecular complexity index is 1020. The van der Waals surface area contributed by atoms with E-state index in [1.54, 1.807) is 0 Å². The fourth-order valence-electron chi connectivity index (χ4n) is 2.75. The molecule has 130 valence electrons. The molecule has 3 aromatic rings. The van der Waals surface area contributed by atoms with Crippen LogP contribution in [0.25, 0.3) is 28.7 Å². The number of pyridine rings is 1. The Labute approximate surface area is 149 Å². The van der Waals surface area contributed by atoms with Gasteiger partial charge in [-0.25, -0.2) is 4.98 Å². The maximum atomic E-state index is 11.0. The maximum Gasteiger partial charge on any atom is 0.241 e. The van der Waals surface area contributed by atoms with E-state index in [4.69, 9.17) is 15.2 Å². The minimum Gasteiger partial charge on any atom is -0.454 e. The SMILES string of the molecule is Cc1cccc(-c2[nH]c(C=CC(N)=O)nc2-c2ccc3c(c2)OCO3)n1. The minimum atomic E-state index is -0.540. The first kappa shape index (κ1) is 15.9. The number of rotatable bonds is 4. The number of fused-ring (bicyclic) bond motifs is 1. The van der Waals surface area contributed by atoms with E-state index in [1.165, 1.54) is 12.2 Å². The zero-order chi connectivity index (χ0) is 18.1. The van der Waals surface area contributed by atoms with E-state index in [9.17, 15) is 4.79 Å². The van der Waals surface area contributed by atoms with Crippen LogP contribution in [0.2, 0.25) is 0 Å². The summed E-state index contributed by atoms with van der Waals surface area (Å²) in [6.07, 6.45) is 2.80. The van der Waals surface area contributed by atoms with Crippen LogP contribution in [0.3, 0.4) is 0 Å². The summed E-state index contributed by atoms with van der Waals surface area (Å²) in [5.41, 5.74) is 9.12. The fraction of sp³-hybridized carbons (Fsp3) is 0.105. The quantitative estimate of drug-likeness (QED) is 0.706. The fourth-order valence-corrected chi connectivity index (χ4v) is 2.75. The molecule has 0 saturated heterocycles. The van der Waals surface area contributed by atoms with Gasteiger partial charge in [-0.15, -0.1) is 0 Å². The molecule has 0 unspecified atom stereocenters. The number of hydrogen-bond donors (Lipinski definition) is 2. The number of carbonyl (C=O) groups is 1. The third-order valence-corrected chi connectivity index (χ3v) is 3.92. The van der Waals surface area contributed by atoms with Crippen molar-refractivity contribution >= 4 is 12.0 Å². The summed E-state index contributed by atoms with van der Waals surface area (Å²) in [5, 5.41) is 0. The van der Waals surface area contributed by atoms with Gasteiger partial charge in [0.1, 0.15) is 5.82 Å². The van der Waals surface area contributed by atoms with E-state index >= 15 is 0 Å². The third kappa shape index (κ3) is 3.02. The van der Waals surface area contributed by atoms with Crippen LogP contribution in [0, 0.1) is 6.92 Å².